The van der Waals surface area contributed by atoms with Gasteiger partial charge in [0.25, 0.3) is 5.91 Å². The summed E-state index contributed by atoms with van der Waals surface area (Å²) >= 11 is 0. The molecule has 1 aromatic carbocycles. The Morgan fingerprint density at radius 3 is 2.67 bits per heavy atom. The lowest BCUT2D eigenvalue weighted by Crippen LogP contribution is -2.30. The monoisotopic (exact) mass is 248 g/mol. The van der Waals surface area contributed by atoms with Crippen LogP contribution >= 0.6 is 0 Å². The molecule has 0 spiro atoms. The predicted molar refractivity (Wildman–Crippen MR) is 70.5 cm³/mol. The predicted octanol–water partition coefficient (Wildman–Crippen LogP) is 0.0707. The minimum atomic E-state index is -0.258. The summed E-state index contributed by atoms with van der Waals surface area (Å²) in [5, 5.41) is 0. The van der Waals surface area contributed by atoms with Gasteiger partial charge in [-0.3, -0.25) is 15.1 Å². The van der Waals surface area contributed by atoms with Crippen molar-refractivity contribution in [1.82, 2.24) is 10.3 Å². The molecule has 0 radical (unpaired) electrons. The van der Waals surface area contributed by atoms with E-state index in [0.717, 1.165) is 26.2 Å². The third-order valence-corrected chi connectivity index (χ3v) is 3.46. The van der Waals surface area contributed by atoms with Crippen LogP contribution in [0.25, 0.3) is 0 Å². The van der Waals surface area contributed by atoms with Crippen LogP contribution in [0.3, 0.4) is 0 Å². The lowest BCUT2D eigenvalue weighted by atomic mass is 10.1. The van der Waals surface area contributed by atoms with E-state index in [2.05, 4.69) is 10.3 Å². The van der Waals surface area contributed by atoms with Gasteiger partial charge in [0.1, 0.15) is 0 Å². The minimum absolute atomic E-state index is 0.258. The number of carbonyl (C=O) groups excluding carboxylic acids is 1. The SMILES string of the molecule is NCC1CCN(Cc2ccc(C(=O)NN)cc2)C1. The number of carbonyl (C=O) groups is 1. The van der Waals surface area contributed by atoms with E-state index in [1.54, 1.807) is 12.1 Å². The van der Waals surface area contributed by atoms with Crippen LogP contribution in [-0.2, 0) is 6.54 Å². The third kappa shape index (κ3) is 3.07. The van der Waals surface area contributed by atoms with Crippen LogP contribution in [0.2, 0.25) is 0 Å². The molecule has 5 heteroatoms. The first-order chi connectivity index (χ1) is 8.72. The van der Waals surface area contributed by atoms with E-state index in [1.807, 2.05) is 12.1 Å². The van der Waals surface area contributed by atoms with Crippen LogP contribution in [0.15, 0.2) is 24.3 Å². The van der Waals surface area contributed by atoms with Crippen molar-refractivity contribution in [1.29, 1.82) is 0 Å². The molecule has 0 aliphatic carbocycles. The van der Waals surface area contributed by atoms with E-state index >= 15 is 0 Å². The zero-order valence-corrected chi connectivity index (χ0v) is 10.4. The molecule has 1 fully saturated rings. The van der Waals surface area contributed by atoms with E-state index in [1.165, 1.54) is 12.0 Å². The summed E-state index contributed by atoms with van der Waals surface area (Å²) in [4.78, 5) is 13.7. The van der Waals surface area contributed by atoms with Gasteiger partial charge in [-0.1, -0.05) is 12.1 Å². The molecule has 5 nitrogen and oxygen atoms in total. The summed E-state index contributed by atoms with van der Waals surface area (Å²) in [6.07, 6.45) is 1.18. The largest absolute Gasteiger partial charge is 0.330 e. The van der Waals surface area contributed by atoms with Gasteiger partial charge in [-0.2, -0.15) is 0 Å². The normalized spacial score (nSPS) is 20.0. The Labute approximate surface area is 107 Å². The highest BCUT2D eigenvalue weighted by Gasteiger charge is 2.20. The molecule has 1 atom stereocenters. The van der Waals surface area contributed by atoms with Gasteiger partial charge in [-0.05, 0) is 43.1 Å². The first kappa shape index (κ1) is 13.0. The maximum Gasteiger partial charge on any atom is 0.265 e. The van der Waals surface area contributed by atoms with Crippen LogP contribution in [0.1, 0.15) is 22.3 Å². The lowest BCUT2D eigenvalue weighted by Gasteiger charge is -2.15. The van der Waals surface area contributed by atoms with Crippen molar-refractivity contribution in [3.05, 3.63) is 35.4 Å². The molecule has 1 aliphatic heterocycles. The van der Waals surface area contributed by atoms with Gasteiger partial charge in [0.2, 0.25) is 0 Å². The minimum Gasteiger partial charge on any atom is -0.330 e. The molecule has 0 aromatic heterocycles. The Morgan fingerprint density at radius 1 is 1.39 bits per heavy atom. The van der Waals surface area contributed by atoms with E-state index in [0.29, 0.717) is 11.5 Å². The molecule has 1 heterocycles. The van der Waals surface area contributed by atoms with E-state index in [9.17, 15) is 4.79 Å². The van der Waals surface area contributed by atoms with Crippen molar-refractivity contribution in [2.45, 2.75) is 13.0 Å². The molecule has 18 heavy (non-hydrogen) atoms. The third-order valence-electron chi connectivity index (χ3n) is 3.46. The second-order valence-electron chi connectivity index (χ2n) is 4.80. The number of likely N-dealkylation sites (tertiary alicyclic amines) is 1. The van der Waals surface area contributed by atoms with Gasteiger partial charge in [-0.15, -0.1) is 0 Å². The summed E-state index contributed by atoms with van der Waals surface area (Å²) in [6.45, 7) is 3.86. The molecule has 1 amide bonds. The molecule has 0 saturated carbocycles. The topological polar surface area (TPSA) is 84.4 Å². The summed E-state index contributed by atoms with van der Waals surface area (Å²) < 4.78 is 0. The average Bonchev–Trinajstić information content (AvgIpc) is 2.86. The number of amides is 1. The highest BCUT2D eigenvalue weighted by molar-refractivity contribution is 5.93. The zero-order valence-electron chi connectivity index (χ0n) is 10.4. The van der Waals surface area contributed by atoms with Crippen molar-refractivity contribution in [2.24, 2.45) is 17.5 Å². The van der Waals surface area contributed by atoms with E-state index < -0.39 is 0 Å². The van der Waals surface area contributed by atoms with Crippen molar-refractivity contribution in [3.8, 4) is 0 Å². The number of nitrogens with one attached hydrogen (secondary N) is 1. The van der Waals surface area contributed by atoms with Crippen molar-refractivity contribution in [3.63, 3.8) is 0 Å². The van der Waals surface area contributed by atoms with Gasteiger partial charge in [-0.25, -0.2) is 5.84 Å². The number of nitrogens with two attached hydrogens (primary N) is 2. The van der Waals surface area contributed by atoms with Crippen molar-refractivity contribution >= 4 is 5.91 Å². The first-order valence-corrected chi connectivity index (χ1v) is 6.25. The summed E-state index contributed by atoms with van der Waals surface area (Å²) in [7, 11) is 0. The first-order valence-electron chi connectivity index (χ1n) is 6.25. The number of hydrazine groups is 1. The molecular weight excluding hydrogens is 228 g/mol. The van der Waals surface area contributed by atoms with E-state index in [-0.39, 0.29) is 5.91 Å². The molecule has 5 N–H and O–H groups in total. The molecule has 2 rings (SSSR count). The molecule has 1 saturated heterocycles. The quantitative estimate of drug-likeness (QED) is 0.400. The Balaban J connectivity index is 1.92. The number of hydrogen-bond acceptors (Lipinski definition) is 4. The molecule has 1 aliphatic rings. The molecule has 1 aromatic rings. The van der Waals surface area contributed by atoms with Gasteiger partial charge < -0.3 is 5.73 Å². The fourth-order valence-corrected chi connectivity index (χ4v) is 2.35. The van der Waals surface area contributed by atoms with Crippen LogP contribution in [0.5, 0.6) is 0 Å². The van der Waals surface area contributed by atoms with Crippen LogP contribution in [0.4, 0.5) is 0 Å². The maximum absolute atomic E-state index is 11.3. The molecule has 1 unspecified atom stereocenters. The molecular formula is C13H20N4O. The number of rotatable bonds is 4. The summed E-state index contributed by atoms with van der Waals surface area (Å²) in [6, 6.07) is 7.54. The number of benzene rings is 1. The van der Waals surface area contributed by atoms with E-state index in [4.69, 9.17) is 11.6 Å². The highest BCUT2D eigenvalue weighted by atomic mass is 16.2. The number of hydrogen-bond donors (Lipinski definition) is 3. The van der Waals surface area contributed by atoms with Gasteiger partial charge in [0.05, 0.1) is 0 Å². The van der Waals surface area contributed by atoms with Crippen LogP contribution < -0.4 is 17.0 Å². The Bertz CT molecular complexity index is 404. The standard InChI is InChI=1S/C13H20N4O/c14-7-11-5-6-17(9-11)8-10-1-3-12(4-2-10)13(18)16-15/h1-4,11H,5-9,14-15H2,(H,16,18). The zero-order chi connectivity index (χ0) is 13.0. The average molecular weight is 248 g/mol. The lowest BCUT2D eigenvalue weighted by molar-refractivity contribution is 0.0953. The van der Waals surface area contributed by atoms with Crippen molar-refractivity contribution < 1.29 is 4.79 Å². The fraction of sp³-hybridized carbons (Fsp3) is 0.462. The maximum atomic E-state index is 11.3. The summed E-state index contributed by atoms with van der Waals surface area (Å²) in [5.41, 5.74) is 9.59. The van der Waals surface area contributed by atoms with Gasteiger partial charge >= 0.3 is 0 Å². The van der Waals surface area contributed by atoms with Crippen molar-refractivity contribution in [2.75, 3.05) is 19.6 Å². The summed E-state index contributed by atoms with van der Waals surface area (Å²) in [5.74, 6) is 5.46. The fourth-order valence-electron chi connectivity index (χ4n) is 2.35. The Kier molecular flexibility index (Phi) is 4.30. The highest BCUT2D eigenvalue weighted by Crippen LogP contribution is 2.17. The van der Waals surface area contributed by atoms with Gasteiger partial charge in [0, 0.05) is 18.7 Å². The molecule has 98 valence electrons. The Morgan fingerprint density at radius 2 is 2.11 bits per heavy atom. The number of nitrogen functional groups attached to an aromatic ring is 1. The Hall–Kier alpha value is -1.43. The second kappa shape index (κ2) is 5.95. The van der Waals surface area contributed by atoms with Crippen LogP contribution in [-0.4, -0.2) is 30.4 Å². The van der Waals surface area contributed by atoms with Crippen LogP contribution in [0, 0.1) is 5.92 Å². The smallest absolute Gasteiger partial charge is 0.265 e. The number of nitrogens with zero attached hydrogens (tertiary/aromatic N) is 1. The molecule has 0 bridgehead atoms. The van der Waals surface area contributed by atoms with Gasteiger partial charge in [0.15, 0.2) is 0 Å². The second-order valence-corrected chi connectivity index (χ2v) is 4.80.